The fourth-order valence-electron chi connectivity index (χ4n) is 2.63. The molecule has 1 rings (SSSR count). The third-order valence-electron chi connectivity index (χ3n) is 4.08. The van der Waals surface area contributed by atoms with E-state index in [1.807, 2.05) is 0 Å². The summed E-state index contributed by atoms with van der Waals surface area (Å²) in [6.07, 6.45) is 3.59. The molecule has 136 valence electrons. The molecule has 0 aliphatic rings. The molecule has 24 heavy (non-hydrogen) atoms. The molecule has 0 bridgehead atoms. The van der Waals surface area contributed by atoms with Gasteiger partial charge in [0, 0.05) is 5.56 Å². The molecule has 0 saturated carbocycles. The molecule has 1 atom stereocenters. The monoisotopic (exact) mass is 343 g/mol. The first-order chi connectivity index (χ1) is 11.4. The Hall–Kier alpha value is -1.52. The smallest absolute Gasteiger partial charge is 0.340 e. The third kappa shape index (κ3) is 8.37. The Morgan fingerprint density at radius 1 is 0.958 bits per heavy atom. The number of unbranched alkanes of at least 4 members (excludes halogenated alkanes) is 7. The second kappa shape index (κ2) is 11.1. The molecule has 0 aromatic heterocycles. The standard InChI is InChI=1S/C19H28F3NO/c1-2-3-4-5-6-7-8-12-15-17(19(20,21)22)23-18(24)16-13-10-9-11-14-16/h9-11,13-14,17H,2-8,12,15H2,1H3,(H,23,24)/t17-/m1/s1. The van der Waals surface area contributed by atoms with Crippen molar-refractivity contribution in [3.63, 3.8) is 0 Å². The van der Waals surface area contributed by atoms with E-state index in [2.05, 4.69) is 12.2 Å². The lowest BCUT2D eigenvalue weighted by atomic mass is 10.0. The highest BCUT2D eigenvalue weighted by atomic mass is 19.4. The Morgan fingerprint density at radius 3 is 2.04 bits per heavy atom. The minimum absolute atomic E-state index is 0.0585. The largest absolute Gasteiger partial charge is 0.408 e. The van der Waals surface area contributed by atoms with E-state index in [1.54, 1.807) is 18.2 Å². The van der Waals surface area contributed by atoms with Crippen molar-refractivity contribution in [2.75, 3.05) is 0 Å². The lowest BCUT2D eigenvalue weighted by Crippen LogP contribution is -2.45. The summed E-state index contributed by atoms with van der Waals surface area (Å²) in [7, 11) is 0. The number of nitrogens with one attached hydrogen (secondary N) is 1. The summed E-state index contributed by atoms with van der Waals surface area (Å²) in [4.78, 5) is 11.9. The predicted octanol–water partition coefficient (Wildman–Crippen LogP) is 5.88. The van der Waals surface area contributed by atoms with Gasteiger partial charge in [-0.25, -0.2) is 0 Å². The van der Waals surface area contributed by atoms with E-state index in [1.165, 1.54) is 31.4 Å². The van der Waals surface area contributed by atoms with Gasteiger partial charge in [-0.2, -0.15) is 13.2 Å². The van der Waals surface area contributed by atoms with Crippen LogP contribution in [0.25, 0.3) is 0 Å². The van der Waals surface area contributed by atoms with Crippen molar-refractivity contribution in [2.24, 2.45) is 0 Å². The van der Waals surface area contributed by atoms with Crippen LogP contribution >= 0.6 is 0 Å². The molecule has 0 radical (unpaired) electrons. The van der Waals surface area contributed by atoms with Crippen molar-refractivity contribution in [3.05, 3.63) is 35.9 Å². The zero-order valence-corrected chi connectivity index (χ0v) is 14.4. The maximum atomic E-state index is 13.1. The van der Waals surface area contributed by atoms with Crippen LogP contribution < -0.4 is 5.32 Å². The molecule has 1 N–H and O–H groups in total. The maximum absolute atomic E-state index is 13.1. The van der Waals surface area contributed by atoms with Crippen LogP contribution in [0.15, 0.2) is 30.3 Å². The average molecular weight is 343 g/mol. The maximum Gasteiger partial charge on any atom is 0.408 e. The summed E-state index contributed by atoms with van der Waals surface area (Å²) in [6.45, 7) is 2.15. The minimum Gasteiger partial charge on any atom is -0.340 e. The topological polar surface area (TPSA) is 29.1 Å². The third-order valence-corrected chi connectivity index (χ3v) is 4.08. The van der Waals surface area contributed by atoms with Gasteiger partial charge in [0.1, 0.15) is 6.04 Å². The minimum atomic E-state index is -4.41. The first-order valence-corrected chi connectivity index (χ1v) is 8.87. The van der Waals surface area contributed by atoms with E-state index in [0.717, 1.165) is 25.7 Å². The molecule has 0 unspecified atom stereocenters. The summed E-state index contributed by atoms with van der Waals surface area (Å²) in [5.74, 6) is -0.669. The number of alkyl halides is 3. The fourth-order valence-corrected chi connectivity index (χ4v) is 2.63. The number of carbonyl (C=O) groups is 1. The molecule has 0 heterocycles. The van der Waals surface area contributed by atoms with Gasteiger partial charge in [0.05, 0.1) is 0 Å². The SMILES string of the molecule is CCCCCCCCCC[C@@H](NC(=O)c1ccccc1)C(F)(F)F. The molecule has 1 amide bonds. The highest BCUT2D eigenvalue weighted by Crippen LogP contribution is 2.25. The van der Waals surface area contributed by atoms with Crippen LogP contribution in [0.4, 0.5) is 13.2 Å². The molecule has 0 aliphatic heterocycles. The van der Waals surface area contributed by atoms with Crippen molar-refractivity contribution < 1.29 is 18.0 Å². The average Bonchev–Trinajstić information content (AvgIpc) is 2.55. The number of halogens is 3. The highest BCUT2D eigenvalue weighted by Gasteiger charge is 2.40. The van der Waals surface area contributed by atoms with Crippen LogP contribution in [0.1, 0.15) is 75.1 Å². The number of hydrogen-bond donors (Lipinski definition) is 1. The first kappa shape index (κ1) is 20.5. The van der Waals surface area contributed by atoms with Gasteiger partial charge in [-0.1, -0.05) is 76.5 Å². The van der Waals surface area contributed by atoms with Gasteiger partial charge in [-0.3, -0.25) is 4.79 Å². The van der Waals surface area contributed by atoms with Crippen molar-refractivity contribution in [3.8, 4) is 0 Å². The second-order valence-electron chi connectivity index (χ2n) is 6.20. The Morgan fingerprint density at radius 2 is 1.50 bits per heavy atom. The van der Waals surface area contributed by atoms with Crippen LogP contribution in [0, 0.1) is 0 Å². The normalized spacial score (nSPS) is 12.8. The molecule has 0 spiro atoms. The van der Waals surface area contributed by atoms with E-state index < -0.39 is 18.1 Å². The van der Waals surface area contributed by atoms with Crippen LogP contribution in [-0.4, -0.2) is 18.1 Å². The van der Waals surface area contributed by atoms with Gasteiger partial charge < -0.3 is 5.32 Å². The second-order valence-corrected chi connectivity index (χ2v) is 6.20. The zero-order valence-electron chi connectivity index (χ0n) is 14.4. The van der Waals surface area contributed by atoms with Gasteiger partial charge in [-0.05, 0) is 18.6 Å². The van der Waals surface area contributed by atoms with Crippen molar-refractivity contribution in [2.45, 2.75) is 76.9 Å². The van der Waals surface area contributed by atoms with Gasteiger partial charge >= 0.3 is 6.18 Å². The number of hydrogen-bond acceptors (Lipinski definition) is 1. The Bertz CT molecular complexity index is 459. The Balaban J connectivity index is 2.34. The molecule has 5 heteroatoms. The molecule has 1 aromatic carbocycles. The van der Waals surface area contributed by atoms with Crippen LogP contribution in [0.3, 0.4) is 0 Å². The predicted molar refractivity (Wildman–Crippen MR) is 91.0 cm³/mol. The lowest BCUT2D eigenvalue weighted by Gasteiger charge is -2.21. The van der Waals surface area contributed by atoms with Gasteiger partial charge in [0.2, 0.25) is 0 Å². The summed E-state index contributed by atoms with van der Waals surface area (Å²) in [5, 5.41) is 2.13. The number of rotatable bonds is 11. The zero-order chi connectivity index (χ0) is 17.8. The van der Waals surface area contributed by atoms with Crippen molar-refractivity contribution >= 4 is 5.91 Å². The molecule has 0 aliphatic carbocycles. The molecule has 2 nitrogen and oxygen atoms in total. The molecule has 0 saturated heterocycles. The van der Waals surface area contributed by atoms with Crippen LogP contribution in [-0.2, 0) is 0 Å². The summed E-state index contributed by atoms with van der Waals surface area (Å²) in [6, 6.07) is 6.24. The summed E-state index contributed by atoms with van der Waals surface area (Å²) >= 11 is 0. The van der Waals surface area contributed by atoms with E-state index in [0.29, 0.717) is 6.42 Å². The molecule has 0 fully saturated rings. The Kier molecular flexibility index (Phi) is 9.50. The van der Waals surface area contributed by atoms with Crippen LogP contribution in [0.2, 0.25) is 0 Å². The first-order valence-electron chi connectivity index (χ1n) is 8.87. The van der Waals surface area contributed by atoms with Crippen molar-refractivity contribution in [1.82, 2.24) is 5.32 Å². The number of amides is 1. The molecular weight excluding hydrogens is 315 g/mol. The van der Waals surface area contributed by atoms with Gasteiger partial charge in [0.15, 0.2) is 0 Å². The van der Waals surface area contributed by atoms with Gasteiger partial charge in [0.25, 0.3) is 5.91 Å². The van der Waals surface area contributed by atoms with Crippen molar-refractivity contribution in [1.29, 1.82) is 0 Å². The number of benzene rings is 1. The Labute approximate surface area is 142 Å². The van der Waals surface area contributed by atoms with E-state index in [-0.39, 0.29) is 12.0 Å². The van der Waals surface area contributed by atoms with Gasteiger partial charge in [-0.15, -0.1) is 0 Å². The lowest BCUT2D eigenvalue weighted by molar-refractivity contribution is -0.155. The van der Waals surface area contributed by atoms with E-state index in [4.69, 9.17) is 0 Å². The summed E-state index contributed by atoms with van der Waals surface area (Å²) < 4.78 is 39.3. The molecule has 1 aromatic rings. The quantitative estimate of drug-likeness (QED) is 0.500. The van der Waals surface area contributed by atoms with E-state index in [9.17, 15) is 18.0 Å². The highest BCUT2D eigenvalue weighted by molar-refractivity contribution is 5.94. The summed E-state index contributed by atoms with van der Waals surface area (Å²) in [5.41, 5.74) is 0.252. The molecular formula is C19H28F3NO. The fraction of sp³-hybridized carbons (Fsp3) is 0.632. The van der Waals surface area contributed by atoms with Crippen LogP contribution in [0.5, 0.6) is 0 Å². The number of carbonyl (C=O) groups excluding carboxylic acids is 1. The van der Waals surface area contributed by atoms with E-state index >= 15 is 0 Å².